The van der Waals surface area contributed by atoms with Crippen LogP contribution in [0.15, 0.2) is 103 Å². The highest BCUT2D eigenvalue weighted by molar-refractivity contribution is 6.36. The van der Waals surface area contributed by atoms with E-state index in [1.165, 1.54) is 54.4 Å². The highest BCUT2D eigenvalue weighted by atomic mass is 35.5. The lowest BCUT2D eigenvalue weighted by Gasteiger charge is -2.22. The van der Waals surface area contributed by atoms with Gasteiger partial charge in [-0.05, 0) is 71.3 Å². The number of halogens is 2. The molecule has 1 heterocycles. The summed E-state index contributed by atoms with van der Waals surface area (Å²) < 4.78 is 2.15. The first kappa shape index (κ1) is 25.0. The summed E-state index contributed by atoms with van der Waals surface area (Å²) in [6.45, 7) is 0. The monoisotopic (exact) mass is 536 g/mol. The second-order valence-corrected chi connectivity index (χ2v) is 11.0. The number of aromatic nitrogens is 2. The van der Waals surface area contributed by atoms with Gasteiger partial charge in [0.25, 0.3) is 0 Å². The highest BCUT2D eigenvalue weighted by Gasteiger charge is 2.16. The predicted octanol–water partition coefficient (Wildman–Crippen LogP) is 10.2. The molecule has 4 aromatic carbocycles. The van der Waals surface area contributed by atoms with E-state index in [2.05, 4.69) is 71.4 Å². The van der Waals surface area contributed by atoms with Gasteiger partial charge in [0.1, 0.15) is 5.82 Å². The fraction of sp³-hybridized carbons (Fsp3) is 0.206. The summed E-state index contributed by atoms with van der Waals surface area (Å²) in [4.78, 5) is 5.01. The smallest absolute Gasteiger partial charge is 0.118 e. The van der Waals surface area contributed by atoms with E-state index in [1.54, 1.807) is 6.07 Å². The topological polar surface area (TPSA) is 17.8 Å². The van der Waals surface area contributed by atoms with Crippen LogP contribution >= 0.6 is 23.2 Å². The fourth-order valence-electron chi connectivity index (χ4n) is 5.56. The molecule has 0 amide bonds. The van der Waals surface area contributed by atoms with Crippen molar-refractivity contribution in [1.82, 2.24) is 9.55 Å². The molecule has 4 heteroatoms. The van der Waals surface area contributed by atoms with Gasteiger partial charge in [-0.25, -0.2) is 4.98 Å². The molecule has 1 fully saturated rings. The van der Waals surface area contributed by atoms with Crippen molar-refractivity contribution in [3.63, 3.8) is 0 Å². The van der Waals surface area contributed by atoms with Gasteiger partial charge in [-0.2, -0.15) is 0 Å². The largest absolute Gasteiger partial charge is 0.303 e. The zero-order chi connectivity index (χ0) is 25.9. The molecule has 2 nitrogen and oxygen atoms in total. The van der Waals surface area contributed by atoms with Crippen LogP contribution in [0.5, 0.6) is 0 Å². The summed E-state index contributed by atoms with van der Waals surface area (Å²) >= 11 is 12.7. The molecular weight excluding hydrogens is 507 g/mol. The molecule has 0 atom stereocenters. The van der Waals surface area contributed by atoms with Crippen LogP contribution in [-0.4, -0.2) is 9.55 Å². The third kappa shape index (κ3) is 5.43. The number of hydrogen-bond acceptors (Lipinski definition) is 1. The van der Waals surface area contributed by atoms with Crippen molar-refractivity contribution < 1.29 is 0 Å². The Morgan fingerprint density at radius 2 is 1.42 bits per heavy atom. The lowest BCUT2D eigenvalue weighted by molar-refractivity contribution is 0.443. The minimum Gasteiger partial charge on any atom is -0.303 e. The van der Waals surface area contributed by atoms with Gasteiger partial charge in [0, 0.05) is 28.9 Å². The maximum absolute atomic E-state index is 6.53. The summed E-state index contributed by atoms with van der Waals surface area (Å²) in [6.07, 6.45) is 9.55. The maximum Gasteiger partial charge on any atom is 0.118 e. The molecule has 190 valence electrons. The van der Waals surface area contributed by atoms with Gasteiger partial charge in [0.2, 0.25) is 0 Å². The van der Waals surface area contributed by atoms with E-state index >= 15 is 0 Å². The summed E-state index contributed by atoms with van der Waals surface area (Å²) in [5.41, 5.74) is 7.99. The van der Waals surface area contributed by atoms with Crippen LogP contribution in [0, 0.1) is 0 Å². The zero-order valence-corrected chi connectivity index (χ0v) is 22.8. The van der Waals surface area contributed by atoms with Gasteiger partial charge >= 0.3 is 0 Å². The number of imidazole rings is 1. The van der Waals surface area contributed by atoms with Gasteiger partial charge < -0.3 is 4.57 Å². The summed E-state index contributed by atoms with van der Waals surface area (Å²) in [7, 11) is 0. The van der Waals surface area contributed by atoms with Gasteiger partial charge in [0.15, 0.2) is 0 Å². The molecule has 0 saturated heterocycles. The van der Waals surface area contributed by atoms with Crippen LogP contribution in [0.1, 0.15) is 55.0 Å². The minimum atomic E-state index is 0.598. The quantitative estimate of drug-likeness (QED) is 0.211. The molecule has 38 heavy (non-hydrogen) atoms. The van der Waals surface area contributed by atoms with Gasteiger partial charge in [-0.15, -0.1) is 0 Å². The highest BCUT2D eigenvalue weighted by Crippen LogP contribution is 2.34. The lowest BCUT2D eigenvalue weighted by Crippen LogP contribution is -2.04. The molecule has 5 aromatic rings. The average molecular weight is 538 g/mol. The molecule has 0 unspecified atom stereocenters. The molecule has 1 aromatic heterocycles. The lowest BCUT2D eigenvalue weighted by atomic mass is 9.83. The first-order valence-corrected chi connectivity index (χ1v) is 14.2. The second kappa shape index (κ2) is 11.2. The van der Waals surface area contributed by atoms with Gasteiger partial charge in [-0.3, -0.25) is 0 Å². The van der Waals surface area contributed by atoms with E-state index in [-0.39, 0.29) is 0 Å². The predicted molar refractivity (Wildman–Crippen MR) is 160 cm³/mol. The average Bonchev–Trinajstić information content (AvgIpc) is 3.38. The van der Waals surface area contributed by atoms with Crippen LogP contribution in [0.2, 0.25) is 10.0 Å². The first-order valence-electron chi connectivity index (χ1n) is 13.4. The maximum atomic E-state index is 6.53. The molecule has 1 saturated carbocycles. The van der Waals surface area contributed by atoms with Crippen LogP contribution in [0.4, 0.5) is 0 Å². The third-order valence-electron chi connectivity index (χ3n) is 7.66. The number of hydrogen-bond donors (Lipinski definition) is 0. The Hall–Kier alpha value is -3.33. The summed E-state index contributed by atoms with van der Waals surface area (Å²) in [5.74, 6) is 1.70. The Bertz CT molecular complexity index is 1510. The molecule has 1 aliphatic carbocycles. The van der Waals surface area contributed by atoms with Crippen molar-refractivity contribution in [2.75, 3.05) is 0 Å². The third-order valence-corrected chi connectivity index (χ3v) is 8.20. The Labute approximate surface area is 234 Å². The van der Waals surface area contributed by atoms with Crippen molar-refractivity contribution in [1.29, 1.82) is 0 Å². The van der Waals surface area contributed by atoms with Crippen LogP contribution in [0.3, 0.4) is 0 Å². The zero-order valence-electron chi connectivity index (χ0n) is 21.3. The van der Waals surface area contributed by atoms with Crippen molar-refractivity contribution >= 4 is 23.2 Å². The normalized spacial score (nSPS) is 14.1. The van der Waals surface area contributed by atoms with Crippen LogP contribution < -0.4 is 0 Å². The number of rotatable bonds is 6. The Balaban J connectivity index is 1.26. The summed E-state index contributed by atoms with van der Waals surface area (Å²) in [5, 5.41) is 1.21. The van der Waals surface area contributed by atoms with E-state index in [0.29, 0.717) is 16.5 Å². The molecule has 0 N–H and O–H groups in total. The van der Waals surface area contributed by atoms with Crippen molar-refractivity contribution in [2.45, 2.75) is 44.4 Å². The van der Waals surface area contributed by atoms with Crippen LogP contribution in [0.25, 0.3) is 28.1 Å². The van der Waals surface area contributed by atoms with Crippen molar-refractivity contribution in [2.24, 2.45) is 0 Å². The SMILES string of the molecule is Clc1ccc(-c2cn(-c3ccccc3)c(Cc3ccc(-c4ccc(C5CCCCC5)cc4)cc3)n2)c(Cl)c1. The first-order chi connectivity index (χ1) is 18.6. The van der Waals surface area contributed by atoms with E-state index in [1.807, 2.05) is 30.3 Å². The molecule has 0 radical (unpaired) electrons. The van der Waals surface area contributed by atoms with Gasteiger partial charge in [-0.1, -0.05) is 109 Å². The van der Waals surface area contributed by atoms with Gasteiger partial charge in [0.05, 0.1) is 10.7 Å². The van der Waals surface area contributed by atoms with Crippen molar-refractivity contribution in [3.8, 4) is 28.1 Å². The number of benzene rings is 4. The Morgan fingerprint density at radius 1 is 0.737 bits per heavy atom. The van der Waals surface area contributed by atoms with E-state index < -0.39 is 0 Å². The number of para-hydroxylation sites is 1. The molecular formula is C34H30Cl2N2. The molecule has 0 aliphatic heterocycles. The number of nitrogens with zero attached hydrogens (tertiary/aromatic N) is 2. The Morgan fingerprint density at radius 3 is 2.11 bits per heavy atom. The Kier molecular flexibility index (Phi) is 7.35. The molecule has 1 aliphatic rings. The standard InChI is InChI=1S/C34H30Cl2N2/c35-29-19-20-31(32(36)22-29)33-23-38(30-9-5-2-6-10-30)34(37-33)21-24-11-13-26(14-12-24)28-17-15-27(16-18-28)25-7-3-1-4-8-25/h2,5-6,9-20,22-23,25H,1,3-4,7-8,21H2. The molecule has 0 spiro atoms. The molecule has 0 bridgehead atoms. The minimum absolute atomic E-state index is 0.598. The van der Waals surface area contributed by atoms with Crippen LogP contribution in [-0.2, 0) is 6.42 Å². The van der Waals surface area contributed by atoms with E-state index in [4.69, 9.17) is 28.2 Å². The second-order valence-electron chi connectivity index (χ2n) is 10.2. The van der Waals surface area contributed by atoms with E-state index in [9.17, 15) is 0 Å². The summed E-state index contributed by atoms with van der Waals surface area (Å²) in [6, 6.07) is 33.9. The van der Waals surface area contributed by atoms with Crippen molar-refractivity contribution in [3.05, 3.63) is 130 Å². The fourth-order valence-corrected chi connectivity index (χ4v) is 6.07. The molecule has 6 rings (SSSR count). The van der Waals surface area contributed by atoms with E-state index in [0.717, 1.165) is 28.7 Å².